The van der Waals surface area contributed by atoms with E-state index in [0.717, 1.165) is 10.1 Å². The van der Waals surface area contributed by atoms with Crippen molar-refractivity contribution in [2.75, 3.05) is 18.9 Å². The number of nitrogens with zero attached hydrogens (tertiary/aromatic N) is 2. The third-order valence-electron chi connectivity index (χ3n) is 1.91. The van der Waals surface area contributed by atoms with Crippen LogP contribution in [0.25, 0.3) is 0 Å². The maximum atomic E-state index is 11.3. The summed E-state index contributed by atoms with van der Waals surface area (Å²) in [6.07, 6.45) is 0. The summed E-state index contributed by atoms with van der Waals surface area (Å²) in [5, 5.41) is 16.0. The maximum absolute atomic E-state index is 11.3. The first-order valence-corrected chi connectivity index (χ1v) is 7.89. The molecule has 9 heteroatoms. The Morgan fingerprint density at radius 1 is 1.47 bits per heavy atom. The molecule has 5 nitrogen and oxygen atoms in total. The Kier molecular flexibility index (Phi) is 7.32. The van der Waals surface area contributed by atoms with Gasteiger partial charge in [-0.15, -0.1) is 33.9 Å². The lowest BCUT2D eigenvalue weighted by Crippen LogP contribution is -2.24. The highest BCUT2D eigenvalue weighted by atomic mass is 35.5. The predicted molar refractivity (Wildman–Crippen MR) is 83.6 cm³/mol. The molecule has 2 heterocycles. The molecule has 0 atom stereocenters. The molecule has 0 saturated carbocycles. The molecule has 0 aliphatic rings. The molecule has 0 radical (unpaired) electrons. The van der Waals surface area contributed by atoms with Crippen LogP contribution in [-0.4, -0.2) is 29.7 Å². The second kappa shape index (κ2) is 8.49. The van der Waals surface area contributed by atoms with Crippen molar-refractivity contribution in [3.8, 4) is 0 Å². The number of carbonyl (C=O) groups is 1. The zero-order valence-electron chi connectivity index (χ0n) is 10.1. The summed E-state index contributed by atoms with van der Waals surface area (Å²) >= 11 is 4.75. The molecule has 0 spiro atoms. The van der Waals surface area contributed by atoms with Crippen LogP contribution in [0.2, 0.25) is 0 Å². The van der Waals surface area contributed by atoms with E-state index in [-0.39, 0.29) is 24.9 Å². The highest BCUT2D eigenvalue weighted by Gasteiger charge is 2.08. The number of anilines is 1. The highest BCUT2D eigenvalue weighted by molar-refractivity contribution is 8.00. The monoisotopic (exact) mass is 336 g/mol. The van der Waals surface area contributed by atoms with Crippen LogP contribution in [0.1, 0.15) is 4.88 Å². The predicted octanol–water partition coefficient (Wildman–Crippen LogP) is 2.47. The molecule has 0 bridgehead atoms. The summed E-state index contributed by atoms with van der Waals surface area (Å²) in [5.74, 6) is 0.778. The number of likely N-dealkylation sites (N-methyl/N-ethyl adjacent to an activating group) is 1. The van der Waals surface area contributed by atoms with E-state index in [4.69, 9.17) is 0 Å². The smallest absolute Gasteiger partial charge is 0.240 e. The van der Waals surface area contributed by atoms with Gasteiger partial charge >= 0.3 is 0 Å². The highest BCUT2D eigenvalue weighted by Crippen LogP contribution is 2.29. The summed E-state index contributed by atoms with van der Waals surface area (Å²) < 4.78 is 0.864. The second-order valence-corrected chi connectivity index (χ2v) is 6.55. The van der Waals surface area contributed by atoms with Gasteiger partial charge in [0, 0.05) is 10.6 Å². The van der Waals surface area contributed by atoms with Gasteiger partial charge < -0.3 is 5.32 Å². The summed E-state index contributed by atoms with van der Waals surface area (Å²) in [7, 11) is 1.72. The van der Waals surface area contributed by atoms with Gasteiger partial charge in [-0.25, -0.2) is 0 Å². The third kappa shape index (κ3) is 5.45. The quantitative estimate of drug-likeness (QED) is 0.626. The summed E-state index contributed by atoms with van der Waals surface area (Å²) in [5.41, 5.74) is 0. The summed E-state index contributed by atoms with van der Waals surface area (Å²) in [6.45, 7) is 0.275. The Morgan fingerprint density at radius 2 is 2.32 bits per heavy atom. The van der Waals surface area contributed by atoms with E-state index in [2.05, 4.69) is 32.3 Å². The number of halogens is 1. The number of thioether (sulfide) groups is 1. The first kappa shape index (κ1) is 16.4. The van der Waals surface area contributed by atoms with Crippen molar-refractivity contribution in [3.63, 3.8) is 0 Å². The zero-order chi connectivity index (χ0) is 12.8. The second-order valence-electron chi connectivity index (χ2n) is 3.32. The molecule has 2 N–H and O–H groups in total. The fourth-order valence-electron chi connectivity index (χ4n) is 1.17. The number of hydrogen-bond acceptors (Lipinski definition) is 7. The first-order valence-electron chi connectivity index (χ1n) is 5.21. The molecule has 1 amide bonds. The molecule has 104 valence electrons. The number of thiophene rings is 1. The van der Waals surface area contributed by atoms with Crippen molar-refractivity contribution in [1.29, 1.82) is 0 Å². The van der Waals surface area contributed by atoms with Crippen molar-refractivity contribution < 1.29 is 4.79 Å². The summed E-state index contributed by atoms with van der Waals surface area (Å²) in [6, 6.07) is 4.12. The lowest BCUT2D eigenvalue weighted by atomic mass is 10.5. The van der Waals surface area contributed by atoms with Gasteiger partial charge in [0.25, 0.3) is 0 Å². The van der Waals surface area contributed by atoms with Crippen LogP contribution in [0, 0.1) is 0 Å². The molecule has 0 aromatic carbocycles. The number of amides is 1. The fourth-order valence-corrected chi connectivity index (χ4v) is 3.71. The molecule has 2 aromatic rings. The molecule has 19 heavy (non-hydrogen) atoms. The molecule has 0 aliphatic heterocycles. The van der Waals surface area contributed by atoms with Crippen molar-refractivity contribution in [1.82, 2.24) is 15.5 Å². The van der Waals surface area contributed by atoms with Crippen molar-refractivity contribution >= 4 is 57.9 Å². The van der Waals surface area contributed by atoms with Crippen molar-refractivity contribution in [2.24, 2.45) is 0 Å². The Labute approximate surface area is 129 Å². The van der Waals surface area contributed by atoms with Crippen LogP contribution in [0.15, 0.2) is 21.9 Å². The molecule has 2 rings (SSSR count). The lowest BCUT2D eigenvalue weighted by Gasteiger charge is -1.98. The van der Waals surface area contributed by atoms with Crippen LogP contribution in [0.5, 0.6) is 0 Å². The maximum Gasteiger partial charge on any atom is 0.240 e. The van der Waals surface area contributed by atoms with Crippen molar-refractivity contribution in [3.05, 3.63) is 22.4 Å². The van der Waals surface area contributed by atoms with Gasteiger partial charge in [-0.3, -0.25) is 10.1 Å². The molecule has 0 fully saturated rings. The van der Waals surface area contributed by atoms with E-state index >= 15 is 0 Å². The summed E-state index contributed by atoms with van der Waals surface area (Å²) in [4.78, 5) is 12.6. The topological polar surface area (TPSA) is 66.9 Å². The molecular weight excluding hydrogens is 324 g/mol. The average molecular weight is 337 g/mol. The normalized spacial score (nSPS) is 9.95. The zero-order valence-corrected chi connectivity index (χ0v) is 13.3. The van der Waals surface area contributed by atoms with Crippen LogP contribution in [-0.2, 0) is 10.5 Å². The molecule has 2 aromatic heterocycles. The van der Waals surface area contributed by atoms with E-state index in [1.54, 1.807) is 30.1 Å². The molecule has 0 aliphatic carbocycles. The van der Waals surface area contributed by atoms with Gasteiger partial charge in [0.1, 0.15) is 0 Å². The van der Waals surface area contributed by atoms with Crippen LogP contribution in [0.3, 0.4) is 0 Å². The van der Waals surface area contributed by atoms with Gasteiger partial charge in [-0.05, 0) is 18.5 Å². The van der Waals surface area contributed by atoms with E-state index in [0.29, 0.717) is 5.13 Å². The number of rotatable bonds is 6. The SMILES string of the molecule is CNCC(=O)Nc1nnc(SCc2cccs2)s1.Cl. The molecular formula is C10H13ClN4OS3. The van der Waals surface area contributed by atoms with Gasteiger partial charge in [0.2, 0.25) is 11.0 Å². The number of nitrogens with one attached hydrogen (secondary N) is 2. The first-order chi connectivity index (χ1) is 8.78. The van der Waals surface area contributed by atoms with E-state index < -0.39 is 0 Å². The Balaban J connectivity index is 0.00000180. The largest absolute Gasteiger partial charge is 0.311 e. The molecule has 0 unspecified atom stereocenters. The molecule has 0 saturated heterocycles. The van der Waals surface area contributed by atoms with Gasteiger partial charge in [-0.2, -0.15) is 0 Å². The van der Waals surface area contributed by atoms with E-state index in [9.17, 15) is 4.79 Å². The van der Waals surface area contributed by atoms with Crippen molar-refractivity contribution in [2.45, 2.75) is 10.1 Å². The lowest BCUT2D eigenvalue weighted by molar-refractivity contribution is -0.115. The number of aromatic nitrogens is 2. The minimum Gasteiger partial charge on any atom is -0.311 e. The van der Waals surface area contributed by atoms with Gasteiger partial charge in [-0.1, -0.05) is 29.2 Å². The third-order valence-corrected chi connectivity index (χ3v) is 4.99. The van der Waals surface area contributed by atoms with Crippen LogP contribution in [0.4, 0.5) is 5.13 Å². The Hall–Kier alpha value is -0.670. The standard InChI is InChI=1S/C10H12N4OS3.ClH/c1-11-5-8(15)12-9-13-14-10(18-9)17-6-7-3-2-4-16-7;/h2-4,11H,5-6H2,1H3,(H,12,13,15);1H. The van der Waals surface area contributed by atoms with E-state index in [1.165, 1.54) is 16.2 Å². The van der Waals surface area contributed by atoms with Crippen LogP contribution < -0.4 is 10.6 Å². The van der Waals surface area contributed by atoms with Crippen LogP contribution >= 0.6 is 46.8 Å². The number of hydrogen-bond donors (Lipinski definition) is 2. The Bertz CT molecular complexity index is 503. The average Bonchev–Trinajstić information content (AvgIpc) is 2.97. The van der Waals surface area contributed by atoms with Gasteiger partial charge in [0.05, 0.1) is 6.54 Å². The Morgan fingerprint density at radius 3 is 3.00 bits per heavy atom. The van der Waals surface area contributed by atoms with E-state index in [1.807, 2.05) is 6.07 Å². The number of carbonyl (C=O) groups excluding carboxylic acids is 1. The fraction of sp³-hybridized carbons (Fsp3) is 0.300. The minimum atomic E-state index is -0.108. The van der Waals surface area contributed by atoms with Gasteiger partial charge in [0.15, 0.2) is 4.34 Å². The minimum absolute atomic E-state index is 0.